The van der Waals surface area contributed by atoms with E-state index in [0.29, 0.717) is 5.69 Å². The molecule has 0 saturated heterocycles. The van der Waals surface area contributed by atoms with Gasteiger partial charge in [0.25, 0.3) is 5.91 Å². The zero-order valence-corrected chi connectivity index (χ0v) is 10.3. The molecule has 98 valence electrons. The Morgan fingerprint density at radius 2 is 1.84 bits per heavy atom. The second kappa shape index (κ2) is 5.16. The zero-order valence-electron chi connectivity index (χ0n) is 9.52. The zero-order chi connectivity index (χ0) is 14.0. The van der Waals surface area contributed by atoms with Crippen LogP contribution in [0.4, 0.5) is 10.1 Å². The highest BCUT2D eigenvalue weighted by Crippen LogP contribution is 2.27. The molecule has 0 heterocycles. The molecule has 3 N–H and O–H groups in total. The van der Waals surface area contributed by atoms with E-state index in [1.807, 2.05) is 0 Å². The first-order valence-electron chi connectivity index (χ1n) is 5.26. The summed E-state index contributed by atoms with van der Waals surface area (Å²) in [6.45, 7) is 0. The van der Waals surface area contributed by atoms with Crippen molar-refractivity contribution >= 4 is 23.2 Å². The number of phenols is 2. The lowest BCUT2D eigenvalue weighted by atomic mass is 10.1. The number of rotatable bonds is 2. The molecule has 0 aliphatic rings. The molecule has 0 bridgehead atoms. The first kappa shape index (κ1) is 13.2. The van der Waals surface area contributed by atoms with Gasteiger partial charge in [-0.2, -0.15) is 0 Å². The van der Waals surface area contributed by atoms with E-state index in [0.717, 1.165) is 12.1 Å². The minimum absolute atomic E-state index is 0.0643. The van der Waals surface area contributed by atoms with Crippen molar-refractivity contribution < 1.29 is 19.4 Å². The van der Waals surface area contributed by atoms with Crippen molar-refractivity contribution in [2.45, 2.75) is 0 Å². The largest absolute Gasteiger partial charge is 0.507 e. The third-order valence-electron chi connectivity index (χ3n) is 2.41. The Balaban J connectivity index is 2.23. The molecule has 0 saturated carbocycles. The minimum Gasteiger partial charge on any atom is -0.507 e. The lowest BCUT2D eigenvalue weighted by molar-refractivity contribution is 0.102. The number of hydrogen-bond donors (Lipinski definition) is 3. The van der Waals surface area contributed by atoms with Crippen LogP contribution in [0.1, 0.15) is 10.4 Å². The molecule has 0 aromatic heterocycles. The first-order chi connectivity index (χ1) is 8.97. The number of halogens is 2. The summed E-state index contributed by atoms with van der Waals surface area (Å²) in [6, 6.07) is 7.21. The molecule has 0 spiro atoms. The predicted molar refractivity (Wildman–Crippen MR) is 69.1 cm³/mol. The number of amides is 1. The van der Waals surface area contributed by atoms with Crippen LogP contribution in [-0.4, -0.2) is 16.1 Å². The molecule has 2 aromatic rings. The third-order valence-corrected chi connectivity index (χ3v) is 2.71. The minimum atomic E-state index is -0.637. The van der Waals surface area contributed by atoms with Gasteiger partial charge < -0.3 is 15.5 Å². The second-order valence-electron chi connectivity index (χ2n) is 3.78. The summed E-state index contributed by atoms with van der Waals surface area (Å²) in [6.07, 6.45) is 0. The number of aromatic hydroxyl groups is 2. The van der Waals surface area contributed by atoms with Crippen molar-refractivity contribution in [2.75, 3.05) is 5.32 Å². The number of carbonyl (C=O) groups excluding carboxylic acids is 1. The maximum Gasteiger partial charge on any atom is 0.259 e. The Hall–Kier alpha value is -2.27. The average molecular weight is 282 g/mol. The summed E-state index contributed by atoms with van der Waals surface area (Å²) in [5.74, 6) is -1.81. The number of nitrogens with one attached hydrogen (secondary N) is 1. The highest BCUT2D eigenvalue weighted by Gasteiger charge is 2.12. The topological polar surface area (TPSA) is 69.6 Å². The number of phenolic OH excluding ortho intramolecular Hbond substituents is 2. The summed E-state index contributed by atoms with van der Waals surface area (Å²) < 4.78 is 12.8. The number of carbonyl (C=O) groups is 1. The SMILES string of the molecule is O=C(Nc1ccc(O)c(Cl)c1)c1ccc(F)cc1O. The van der Waals surface area contributed by atoms with Gasteiger partial charge in [-0.05, 0) is 30.3 Å². The molecule has 0 fully saturated rings. The smallest absolute Gasteiger partial charge is 0.259 e. The van der Waals surface area contributed by atoms with Gasteiger partial charge >= 0.3 is 0 Å². The predicted octanol–water partition coefficient (Wildman–Crippen LogP) is 3.14. The van der Waals surface area contributed by atoms with Gasteiger partial charge in [-0.1, -0.05) is 11.6 Å². The van der Waals surface area contributed by atoms with Crippen molar-refractivity contribution in [1.29, 1.82) is 0 Å². The van der Waals surface area contributed by atoms with Crippen molar-refractivity contribution in [3.8, 4) is 11.5 Å². The van der Waals surface area contributed by atoms with Crippen LogP contribution >= 0.6 is 11.6 Å². The van der Waals surface area contributed by atoms with E-state index in [9.17, 15) is 19.4 Å². The van der Waals surface area contributed by atoms with E-state index in [-0.39, 0.29) is 16.3 Å². The summed E-state index contributed by atoms with van der Waals surface area (Å²) >= 11 is 5.70. The lowest BCUT2D eigenvalue weighted by Gasteiger charge is -2.07. The first-order valence-corrected chi connectivity index (χ1v) is 5.63. The fraction of sp³-hybridized carbons (Fsp3) is 0. The van der Waals surface area contributed by atoms with Crippen molar-refractivity contribution in [3.05, 3.63) is 52.8 Å². The molecule has 4 nitrogen and oxygen atoms in total. The van der Waals surface area contributed by atoms with Gasteiger partial charge in [0.2, 0.25) is 0 Å². The van der Waals surface area contributed by atoms with Crippen molar-refractivity contribution in [3.63, 3.8) is 0 Å². The van der Waals surface area contributed by atoms with Crippen LogP contribution in [0.2, 0.25) is 5.02 Å². The van der Waals surface area contributed by atoms with Gasteiger partial charge in [-0.25, -0.2) is 4.39 Å². The number of benzene rings is 2. The van der Waals surface area contributed by atoms with E-state index in [4.69, 9.17) is 11.6 Å². The summed E-state index contributed by atoms with van der Waals surface area (Å²) in [5, 5.41) is 21.3. The Bertz CT molecular complexity index is 646. The van der Waals surface area contributed by atoms with Gasteiger partial charge in [0.05, 0.1) is 10.6 Å². The molecule has 2 rings (SSSR count). The molecule has 1 amide bonds. The van der Waals surface area contributed by atoms with Gasteiger partial charge in [-0.3, -0.25) is 4.79 Å². The van der Waals surface area contributed by atoms with Crippen LogP contribution in [0, 0.1) is 5.82 Å². The van der Waals surface area contributed by atoms with E-state index < -0.39 is 17.5 Å². The highest BCUT2D eigenvalue weighted by molar-refractivity contribution is 6.32. The lowest BCUT2D eigenvalue weighted by Crippen LogP contribution is -2.12. The molecular formula is C13H9ClFNO3. The van der Waals surface area contributed by atoms with Crippen LogP contribution in [0.15, 0.2) is 36.4 Å². The molecule has 19 heavy (non-hydrogen) atoms. The maximum absolute atomic E-state index is 12.8. The molecule has 6 heteroatoms. The molecule has 0 radical (unpaired) electrons. The Morgan fingerprint density at radius 1 is 1.11 bits per heavy atom. The Labute approximate surface area is 113 Å². The molecular weight excluding hydrogens is 273 g/mol. The number of anilines is 1. The summed E-state index contributed by atoms with van der Waals surface area (Å²) in [4.78, 5) is 11.8. The average Bonchev–Trinajstić information content (AvgIpc) is 2.33. The normalized spacial score (nSPS) is 10.2. The fourth-order valence-electron chi connectivity index (χ4n) is 1.48. The van der Waals surface area contributed by atoms with Crippen LogP contribution in [0.5, 0.6) is 11.5 Å². The fourth-order valence-corrected chi connectivity index (χ4v) is 1.66. The molecule has 2 aromatic carbocycles. The van der Waals surface area contributed by atoms with Crippen LogP contribution in [0.25, 0.3) is 0 Å². The van der Waals surface area contributed by atoms with Crippen LogP contribution < -0.4 is 5.32 Å². The monoisotopic (exact) mass is 281 g/mol. The van der Waals surface area contributed by atoms with Crippen molar-refractivity contribution in [2.24, 2.45) is 0 Å². The standard InChI is InChI=1S/C13H9ClFNO3/c14-10-6-8(2-4-11(10)17)16-13(19)9-3-1-7(15)5-12(9)18/h1-6,17-18H,(H,16,19). The number of hydrogen-bond acceptors (Lipinski definition) is 3. The Morgan fingerprint density at radius 3 is 2.47 bits per heavy atom. The van der Waals surface area contributed by atoms with E-state index in [1.54, 1.807) is 0 Å². The van der Waals surface area contributed by atoms with E-state index in [1.165, 1.54) is 24.3 Å². The van der Waals surface area contributed by atoms with Gasteiger partial charge in [0, 0.05) is 11.8 Å². The quantitative estimate of drug-likeness (QED) is 0.741. The molecule has 0 atom stereocenters. The van der Waals surface area contributed by atoms with Crippen LogP contribution in [-0.2, 0) is 0 Å². The third kappa shape index (κ3) is 2.95. The van der Waals surface area contributed by atoms with Crippen molar-refractivity contribution in [1.82, 2.24) is 0 Å². The Kier molecular flexibility index (Phi) is 3.57. The summed E-state index contributed by atoms with van der Waals surface area (Å²) in [7, 11) is 0. The highest BCUT2D eigenvalue weighted by atomic mass is 35.5. The molecule has 0 aliphatic heterocycles. The molecule has 0 aliphatic carbocycles. The van der Waals surface area contributed by atoms with Gasteiger partial charge in [0.1, 0.15) is 17.3 Å². The van der Waals surface area contributed by atoms with E-state index in [2.05, 4.69) is 5.32 Å². The van der Waals surface area contributed by atoms with Gasteiger partial charge in [0.15, 0.2) is 0 Å². The van der Waals surface area contributed by atoms with Gasteiger partial charge in [-0.15, -0.1) is 0 Å². The van der Waals surface area contributed by atoms with E-state index >= 15 is 0 Å². The maximum atomic E-state index is 12.8. The second-order valence-corrected chi connectivity index (χ2v) is 4.19. The van der Waals surface area contributed by atoms with Crippen LogP contribution in [0.3, 0.4) is 0 Å². The molecule has 0 unspecified atom stereocenters. The summed E-state index contributed by atoms with van der Waals surface area (Å²) in [5.41, 5.74) is 0.280.